The van der Waals surface area contributed by atoms with Crippen LogP contribution in [0.5, 0.6) is 0 Å². The summed E-state index contributed by atoms with van der Waals surface area (Å²) in [5.74, 6) is 0. The van der Waals surface area contributed by atoms with Gasteiger partial charge in [-0.2, -0.15) is 0 Å². The van der Waals surface area contributed by atoms with E-state index in [9.17, 15) is 5.11 Å². The molecule has 0 aromatic heterocycles. The lowest BCUT2D eigenvalue weighted by atomic mass is 9.98. The Bertz CT molecular complexity index is 421. The molecule has 1 aliphatic rings. The van der Waals surface area contributed by atoms with Gasteiger partial charge in [0.05, 0.1) is 18.8 Å². The van der Waals surface area contributed by atoms with Gasteiger partial charge in [0, 0.05) is 17.1 Å². The zero-order valence-corrected chi connectivity index (χ0v) is 14.3. The molecule has 1 aromatic carbocycles. The van der Waals surface area contributed by atoms with Crippen LogP contribution in [0.2, 0.25) is 0 Å². The van der Waals surface area contributed by atoms with Gasteiger partial charge in [0.2, 0.25) is 0 Å². The van der Waals surface area contributed by atoms with Gasteiger partial charge >= 0.3 is 0 Å². The monoisotopic (exact) mass is 355 g/mol. The molecular formula is C17H26BrNO2. The summed E-state index contributed by atoms with van der Waals surface area (Å²) in [6.07, 6.45) is 6.05. The lowest BCUT2D eigenvalue weighted by Crippen LogP contribution is -2.33. The number of rotatable bonds is 7. The van der Waals surface area contributed by atoms with Crippen LogP contribution in [0, 0.1) is 0 Å². The van der Waals surface area contributed by atoms with Gasteiger partial charge in [-0.25, -0.2) is 0 Å². The summed E-state index contributed by atoms with van der Waals surface area (Å²) >= 11 is 3.56. The molecule has 0 radical (unpaired) electrons. The van der Waals surface area contributed by atoms with E-state index in [1.165, 1.54) is 24.8 Å². The Kier molecular flexibility index (Phi) is 7.17. The number of nitrogens with one attached hydrogen (secondary N) is 1. The topological polar surface area (TPSA) is 41.5 Å². The molecule has 0 amide bonds. The molecule has 0 spiro atoms. The van der Waals surface area contributed by atoms with Crippen LogP contribution in [0.4, 0.5) is 0 Å². The predicted molar refractivity (Wildman–Crippen MR) is 89.4 cm³/mol. The maximum absolute atomic E-state index is 10.0. The molecule has 1 unspecified atom stereocenters. The first kappa shape index (κ1) is 16.9. The van der Waals surface area contributed by atoms with Crippen LogP contribution in [0.25, 0.3) is 0 Å². The van der Waals surface area contributed by atoms with E-state index in [4.69, 9.17) is 4.74 Å². The number of aliphatic hydroxyl groups is 1. The second kappa shape index (κ2) is 8.89. The zero-order chi connectivity index (χ0) is 15.1. The van der Waals surface area contributed by atoms with Crippen molar-refractivity contribution < 1.29 is 9.84 Å². The molecule has 21 heavy (non-hydrogen) atoms. The van der Waals surface area contributed by atoms with Gasteiger partial charge in [-0.1, -0.05) is 53.4 Å². The summed E-state index contributed by atoms with van der Waals surface area (Å²) in [4.78, 5) is 0. The second-order valence-electron chi connectivity index (χ2n) is 5.90. The van der Waals surface area contributed by atoms with Crippen LogP contribution in [0.1, 0.15) is 50.6 Å². The Morgan fingerprint density at radius 3 is 2.71 bits per heavy atom. The summed E-state index contributed by atoms with van der Waals surface area (Å²) in [6, 6.07) is 8.36. The molecule has 1 aliphatic carbocycles. The average molecular weight is 356 g/mol. The first-order chi connectivity index (χ1) is 10.2. The molecule has 0 heterocycles. The Morgan fingerprint density at radius 2 is 2.00 bits per heavy atom. The normalized spacial score (nSPS) is 19.4. The minimum atomic E-state index is -0.447. The quantitative estimate of drug-likeness (QED) is 0.781. The lowest BCUT2D eigenvalue weighted by molar-refractivity contribution is -0.0235. The standard InChI is InChI=1S/C17H26BrNO2/c1-13(16-9-5-6-10-17(16)18)19-11-14(20)12-21-15-7-3-2-4-8-15/h5-6,9-10,13-15,19-20H,2-4,7-8,11-12H2,1H3/t13-,14?/m1/s1. The van der Waals surface area contributed by atoms with E-state index in [1.807, 2.05) is 18.2 Å². The molecule has 0 bridgehead atoms. The van der Waals surface area contributed by atoms with Crippen LogP contribution in [-0.4, -0.2) is 30.5 Å². The van der Waals surface area contributed by atoms with Crippen molar-refractivity contribution in [3.05, 3.63) is 34.3 Å². The summed E-state index contributed by atoms with van der Waals surface area (Å²) in [5, 5.41) is 13.4. The summed E-state index contributed by atoms with van der Waals surface area (Å²) < 4.78 is 6.90. The maximum atomic E-state index is 10.0. The number of halogens is 1. The number of aliphatic hydroxyl groups excluding tert-OH is 1. The molecule has 0 aliphatic heterocycles. The van der Waals surface area contributed by atoms with Crippen molar-refractivity contribution in [2.24, 2.45) is 0 Å². The minimum absolute atomic E-state index is 0.199. The molecule has 4 heteroatoms. The number of benzene rings is 1. The highest BCUT2D eigenvalue weighted by Gasteiger charge is 2.16. The van der Waals surface area contributed by atoms with Crippen LogP contribution in [0.15, 0.2) is 28.7 Å². The minimum Gasteiger partial charge on any atom is -0.389 e. The van der Waals surface area contributed by atoms with Crippen molar-refractivity contribution in [2.45, 2.75) is 57.3 Å². The molecule has 118 valence electrons. The fourth-order valence-electron chi connectivity index (χ4n) is 2.79. The molecule has 0 saturated heterocycles. The third-order valence-electron chi connectivity index (χ3n) is 4.11. The fourth-order valence-corrected chi connectivity index (χ4v) is 3.42. The third kappa shape index (κ3) is 5.70. The summed E-state index contributed by atoms with van der Waals surface area (Å²) in [5.41, 5.74) is 1.21. The third-order valence-corrected chi connectivity index (χ3v) is 4.83. The average Bonchev–Trinajstić information content (AvgIpc) is 2.52. The Labute approximate surface area is 136 Å². The highest BCUT2D eigenvalue weighted by atomic mass is 79.9. The van der Waals surface area contributed by atoms with E-state index in [0.717, 1.165) is 17.3 Å². The molecule has 3 nitrogen and oxygen atoms in total. The highest BCUT2D eigenvalue weighted by molar-refractivity contribution is 9.10. The van der Waals surface area contributed by atoms with Gasteiger partial charge < -0.3 is 15.2 Å². The number of ether oxygens (including phenoxy) is 1. The molecular weight excluding hydrogens is 330 g/mol. The molecule has 2 atom stereocenters. The van der Waals surface area contributed by atoms with Crippen molar-refractivity contribution in [3.8, 4) is 0 Å². The maximum Gasteiger partial charge on any atom is 0.0898 e. The van der Waals surface area contributed by atoms with Crippen molar-refractivity contribution in [1.29, 1.82) is 0 Å². The smallest absolute Gasteiger partial charge is 0.0898 e. The fraction of sp³-hybridized carbons (Fsp3) is 0.647. The van der Waals surface area contributed by atoms with Gasteiger partial charge in [0.25, 0.3) is 0 Å². The highest BCUT2D eigenvalue weighted by Crippen LogP contribution is 2.23. The summed E-state index contributed by atoms with van der Waals surface area (Å²) in [6.45, 7) is 3.09. The SMILES string of the molecule is C[C@@H](NCC(O)COC1CCCCC1)c1ccccc1Br. The number of hydrogen-bond acceptors (Lipinski definition) is 3. The first-order valence-corrected chi connectivity index (χ1v) is 8.73. The van der Waals surface area contributed by atoms with Crippen LogP contribution >= 0.6 is 15.9 Å². The Morgan fingerprint density at radius 1 is 1.29 bits per heavy atom. The molecule has 2 N–H and O–H groups in total. The van der Waals surface area contributed by atoms with Gasteiger partial charge in [-0.3, -0.25) is 0 Å². The predicted octanol–water partition coefficient (Wildman–Crippen LogP) is 3.81. The van der Waals surface area contributed by atoms with Crippen LogP contribution < -0.4 is 5.32 Å². The van der Waals surface area contributed by atoms with Gasteiger partial charge in [-0.15, -0.1) is 0 Å². The van der Waals surface area contributed by atoms with E-state index in [2.05, 4.69) is 34.2 Å². The van der Waals surface area contributed by atoms with E-state index < -0.39 is 6.10 Å². The second-order valence-corrected chi connectivity index (χ2v) is 6.75. The molecule has 1 aromatic rings. The van der Waals surface area contributed by atoms with Crippen LogP contribution in [-0.2, 0) is 4.74 Å². The van der Waals surface area contributed by atoms with Crippen molar-refractivity contribution >= 4 is 15.9 Å². The van der Waals surface area contributed by atoms with E-state index in [1.54, 1.807) is 0 Å². The van der Waals surface area contributed by atoms with Gasteiger partial charge in [-0.05, 0) is 31.4 Å². The van der Waals surface area contributed by atoms with Gasteiger partial charge in [0.1, 0.15) is 0 Å². The summed E-state index contributed by atoms with van der Waals surface area (Å²) in [7, 11) is 0. The van der Waals surface area contributed by atoms with E-state index >= 15 is 0 Å². The Hall–Kier alpha value is -0.420. The lowest BCUT2D eigenvalue weighted by Gasteiger charge is -2.24. The van der Waals surface area contributed by atoms with E-state index in [0.29, 0.717) is 19.3 Å². The van der Waals surface area contributed by atoms with Crippen molar-refractivity contribution in [3.63, 3.8) is 0 Å². The number of hydrogen-bond donors (Lipinski definition) is 2. The zero-order valence-electron chi connectivity index (χ0n) is 12.7. The van der Waals surface area contributed by atoms with Gasteiger partial charge in [0.15, 0.2) is 0 Å². The molecule has 1 fully saturated rings. The van der Waals surface area contributed by atoms with Crippen molar-refractivity contribution in [2.75, 3.05) is 13.2 Å². The van der Waals surface area contributed by atoms with Crippen molar-refractivity contribution in [1.82, 2.24) is 5.32 Å². The van der Waals surface area contributed by atoms with Crippen LogP contribution in [0.3, 0.4) is 0 Å². The largest absolute Gasteiger partial charge is 0.389 e. The molecule has 2 rings (SSSR count). The molecule has 1 saturated carbocycles. The van der Waals surface area contributed by atoms with E-state index in [-0.39, 0.29) is 6.04 Å². The Balaban J connectivity index is 1.68. The first-order valence-electron chi connectivity index (χ1n) is 7.94.